The molecule has 1 aliphatic rings. The first-order valence-corrected chi connectivity index (χ1v) is 7.75. The maximum atomic E-state index is 10.7. The van der Waals surface area contributed by atoms with Crippen molar-refractivity contribution in [3.63, 3.8) is 0 Å². The topological polar surface area (TPSA) is 58.4 Å². The minimum Gasteiger partial charge on any atom is -0.481 e. The molecule has 0 bridgehead atoms. The Kier molecular flexibility index (Phi) is 4.42. The number of benzene rings is 1. The number of carboxylic acid groups (broad SMARTS) is 1. The van der Waals surface area contributed by atoms with Gasteiger partial charge >= 0.3 is 5.97 Å². The number of carboxylic acids is 1. The van der Waals surface area contributed by atoms with Gasteiger partial charge in [0.25, 0.3) is 0 Å². The second-order valence-electron chi connectivity index (χ2n) is 5.79. The molecule has 116 valence electrons. The van der Waals surface area contributed by atoms with Gasteiger partial charge in [-0.1, -0.05) is 18.2 Å². The Morgan fingerprint density at radius 2 is 2.18 bits per heavy atom. The summed E-state index contributed by atoms with van der Waals surface area (Å²) in [6, 6.07) is 8.49. The summed E-state index contributed by atoms with van der Waals surface area (Å²) in [5, 5.41) is 8.80. The van der Waals surface area contributed by atoms with Gasteiger partial charge in [0.15, 0.2) is 0 Å². The molecule has 0 radical (unpaired) electrons. The summed E-state index contributed by atoms with van der Waals surface area (Å²) < 4.78 is 2.11. The maximum absolute atomic E-state index is 10.7. The van der Waals surface area contributed by atoms with Crippen LogP contribution in [0.5, 0.6) is 0 Å². The Balaban J connectivity index is 1.64. The predicted octanol–water partition coefficient (Wildman–Crippen LogP) is 2.74. The average molecular weight is 299 g/mol. The molecule has 1 unspecified atom stereocenters. The molecule has 0 saturated carbocycles. The molecule has 1 aliphatic heterocycles. The summed E-state index contributed by atoms with van der Waals surface area (Å²) in [5.41, 5.74) is 2.65. The van der Waals surface area contributed by atoms with E-state index in [2.05, 4.69) is 38.7 Å². The number of aliphatic carboxylic acids is 1. The van der Waals surface area contributed by atoms with E-state index in [1.54, 1.807) is 6.20 Å². The zero-order valence-electron chi connectivity index (χ0n) is 12.6. The molecule has 1 aromatic carbocycles. The van der Waals surface area contributed by atoms with Gasteiger partial charge in [0.2, 0.25) is 0 Å². The lowest BCUT2D eigenvalue weighted by molar-refractivity contribution is -0.137. The van der Waals surface area contributed by atoms with E-state index in [0.29, 0.717) is 12.3 Å². The zero-order chi connectivity index (χ0) is 15.4. The van der Waals surface area contributed by atoms with Crippen molar-refractivity contribution in [1.29, 1.82) is 0 Å². The van der Waals surface area contributed by atoms with Crippen LogP contribution in [0.4, 0.5) is 5.69 Å². The van der Waals surface area contributed by atoms with E-state index in [4.69, 9.17) is 5.11 Å². The number of aromatic nitrogens is 2. The van der Waals surface area contributed by atoms with E-state index in [0.717, 1.165) is 26.1 Å². The third kappa shape index (κ3) is 3.30. The largest absolute Gasteiger partial charge is 0.481 e. The third-order valence-corrected chi connectivity index (χ3v) is 4.27. The van der Waals surface area contributed by atoms with Crippen molar-refractivity contribution in [2.75, 3.05) is 18.0 Å². The Bertz CT molecular complexity index is 625. The number of imidazole rings is 1. The van der Waals surface area contributed by atoms with Gasteiger partial charge in [-0.25, -0.2) is 4.98 Å². The van der Waals surface area contributed by atoms with Crippen molar-refractivity contribution in [3.05, 3.63) is 48.5 Å². The van der Waals surface area contributed by atoms with Crippen LogP contribution in [0.1, 0.15) is 30.7 Å². The zero-order valence-corrected chi connectivity index (χ0v) is 12.6. The van der Waals surface area contributed by atoms with Crippen molar-refractivity contribution in [1.82, 2.24) is 9.55 Å². The molecule has 0 amide bonds. The minimum atomic E-state index is -0.718. The van der Waals surface area contributed by atoms with E-state index in [-0.39, 0.29) is 6.42 Å². The van der Waals surface area contributed by atoms with Gasteiger partial charge in [0, 0.05) is 50.1 Å². The van der Waals surface area contributed by atoms with Crippen LogP contribution in [-0.2, 0) is 11.3 Å². The van der Waals surface area contributed by atoms with Crippen LogP contribution < -0.4 is 4.90 Å². The summed E-state index contributed by atoms with van der Waals surface area (Å²) in [6.07, 6.45) is 7.65. The highest BCUT2D eigenvalue weighted by Crippen LogP contribution is 2.38. The highest BCUT2D eigenvalue weighted by Gasteiger charge is 2.27. The number of rotatable bonds is 7. The van der Waals surface area contributed by atoms with Crippen LogP contribution in [0, 0.1) is 0 Å². The number of hydrogen-bond donors (Lipinski definition) is 1. The fraction of sp³-hybridized carbons (Fsp3) is 0.412. The highest BCUT2D eigenvalue weighted by molar-refractivity contribution is 5.67. The van der Waals surface area contributed by atoms with Crippen LogP contribution in [0.25, 0.3) is 0 Å². The SMILES string of the molecule is O=C(O)CCCN1CC(CCn2ccnc2)c2ccccc21. The summed E-state index contributed by atoms with van der Waals surface area (Å²) in [4.78, 5) is 17.1. The molecule has 1 N–H and O–H groups in total. The monoisotopic (exact) mass is 299 g/mol. The molecule has 5 nitrogen and oxygen atoms in total. The van der Waals surface area contributed by atoms with Gasteiger partial charge in [-0.2, -0.15) is 0 Å². The molecular weight excluding hydrogens is 278 g/mol. The van der Waals surface area contributed by atoms with E-state index < -0.39 is 5.97 Å². The number of para-hydroxylation sites is 1. The van der Waals surface area contributed by atoms with Crippen molar-refractivity contribution in [2.45, 2.75) is 31.7 Å². The molecule has 5 heteroatoms. The van der Waals surface area contributed by atoms with Crippen LogP contribution in [-0.4, -0.2) is 33.7 Å². The first-order valence-electron chi connectivity index (χ1n) is 7.75. The summed E-state index contributed by atoms with van der Waals surface area (Å²) in [7, 11) is 0. The van der Waals surface area contributed by atoms with Gasteiger partial charge in [0.05, 0.1) is 6.33 Å². The van der Waals surface area contributed by atoms with Crippen molar-refractivity contribution in [3.8, 4) is 0 Å². The number of anilines is 1. The number of nitrogens with zero attached hydrogens (tertiary/aromatic N) is 3. The first-order chi connectivity index (χ1) is 10.7. The van der Waals surface area contributed by atoms with Crippen LogP contribution in [0.2, 0.25) is 0 Å². The molecule has 0 aliphatic carbocycles. The Morgan fingerprint density at radius 1 is 1.32 bits per heavy atom. The molecule has 1 aromatic heterocycles. The molecule has 3 rings (SSSR count). The van der Waals surface area contributed by atoms with Crippen LogP contribution in [0.3, 0.4) is 0 Å². The normalized spacial score (nSPS) is 16.7. The number of aryl methyl sites for hydroxylation is 1. The van der Waals surface area contributed by atoms with Crippen molar-refractivity contribution >= 4 is 11.7 Å². The molecule has 2 aromatic rings. The van der Waals surface area contributed by atoms with E-state index in [1.165, 1.54) is 11.3 Å². The van der Waals surface area contributed by atoms with Crippen molar-refractivity contribution < 1.29 is 9.90 Å². The lowest BCUT2D eigenvalue weighted by Crippen LogP contribution is -2.24. The average Bonchev–Trinajstić information content (AvgIpc) is 3.13. The quantitative estimate of drug-likeness (QED) is 0.854. The van der Waals surface area contributed by atoms with Crippen LogP contribution >= 0.6 is 0 Å². The fourth-order valence-electron chi connectivity index (χ4n) is 3.19. The molecule has 2 heterocycles. The highest BCUT2D eigenvalue weighted by atomic mass is 16.4. The van der Waals surface area contributed by atoms with Gasteiger partial charge in [-0.15, -0.1) is 0 Å². The van der Waals surface area contributed by atoms with Crippen molar-refractivity contribution in [2.24, 2.45) is 0 Å². The predicted molar refractivity (Wildman–Crippen MR) is 85.1 cm³/mol. The lowest BCUT2D eigenvalue weighted by Gasteiger charge is -2.19. The Hall–Kier alpha value is -2.30. The second-order valence-corrected chi connectivity index (χ2v) is 5.79. The first kappa shape index (κ1) is 14.6. The third-order valence-electron chi connectivity index (χ3n) is 4.27. The number of fused-ring (bicyclic) bond motifs is 1. The summed E-state index contributed by atoms with van der Waals surface area (Å²) in [5.74, 6) is -0.215. The maximum Gasteiger partial charge on any atom is 0.303 e. The summed E-state index contributed by atoms with van der Waals surface area (Å²) >= 11 is 0. The van der Waals surface area contributed by atoms with Gasteiger partial charge in [-0.05, 0) is 24.5 Å². The molecule has 0 fully saturated rings. The smallest absolute Gasteiger partial charge is 0.303 e. The van der Waals surface area contributed by atoms with E-state index in [9.17, 15) is 4.79 Å². The van der Waals surface area contributed by atoms with Gasteiger partial charge < -0.3 is 14.6 Å². The molecule has 0 spiro atoms. The second kappa shape index (κ2) is 6.64. The number of hydrogen-bond acceptors (Lipinski definition) is 3. The Labute approximate surface area is 130 Å². The summed E-state index contributed by atoms with van der Waals surface area (Å²) in [6.45, 7) is 2.75. The molecule has 0 saturated heterocycles. The van der Waals surface area contributed by atoms with E-state index >= 15 is 0 Å². The van der Waals surface area contributed by atoms with Gasteiger partial charge in [0.1, 0.15) is 0 Å². The van der Waals surface area contributed by atoms with Crippen LogP contribution in [0.15, 0.2) is 43.0 Å². The lowest BCUT2D eigenvalue weighted by atomic mass is 9.98. The van der Waals surface area contributed by atoms with Gasteiger partial charge in [-0.3, -0.25) is 4.79 Å². The Morgan fingerprint density at radius 3 is 2.95 bits per heavy atom. The van der Waals surface area contributed by atoms with E-state index in [1.807, 2.05) is 12.5 Å². The fourth-order valence-corrected chi connectivity index (χ4v) is 3.19. The molecular formula is C17H21N3O2. The standard InChI is InChI=1S/C17H21N3O2/c21-17(22)6-3-9-20-12-14(7-10-19-11-8-18-13-19)15-4-1-2-5-16(15)20/h1-2,4-5,8,11,13-14H,3,6-7,9-10,12H2,(H,21,22). The minimum absolute atomic E-state index is 0.234. The number of carbonyl (C=O) groups is 1. The molecule has 22 heavy (non-hydrogen) atoms. The molecule has 1 atom stereocenters.